The number of halogens is 1. The van der Waals surface area contributed by atoms with Gasteiger partial charge in [-0.05, 0) is 54.2 Å². The lowest BCUT2D eigenvalue weighted by Crippen LogP contribution is -2.46. The van der Waals surface area contributed by atoms with Crippen molar-refractivity contribution in [1.82, 2.24) is 0 Å². The van der Waals surface area contributed by atoms with Crippen LogP contribution in [0.25, 0.3) is 0 Å². The van der Waals surface area contributed by atoms with E-state index in [0.717, 1.165) is 28.4 Å². The second-order valence-electron chi connectivity index (χ2n) is 9.68. The van der Waals surface area contributed by atoms with E-state index >= 15 is 0 Å². The largest absolute Gasteiger partial charge is 0.409 e. The molecule has 2 nitrogen and oxygen atoms in total. The van der Waals surface area contributed by atoms with Gasteiger partial charge in [-0.3, -0.25) is 0 Å². The summed E-state index contributed by atoms with van der Waals surface area (Å²) in [4.78, 5) is 0. The molecule has 0 unspecified atom stereocenters. The maximum atomic E-state index is 11.7. The van der Waals surface area contributed by atoms with Crippen molar-refractivity contribution in [1.29, 1.82) is 0 Å². The Morgan fingerprint density at radius 3 is 2.14 bits per heavy atom. The van der Waals surface area contributed by atoms with Crippen LogP contribution in [0.2, 0.25) is 18.1 Å². The third-order valence-electron chi connectivity index (χ3n) is 6.68. The van der Waals surface area contributed by atoms with E-state index < -0.39 is 19.8 Å². The van der Waals surface area contributed by atoms with E-state index in [2.05, 4.69) is 86.2 Å². The van der Waals surface area contributed by atoms with Gasteiger partial charge in [-0.25, -0.2) is 0 Å². The van der Waals surface area contributed by atoms with Gasteiger partial charge in [0.05, 0.1) is 12.2 Å². The second-order valence-corrected chi connectivity index (χ2v) is 15.3. The zero-order valence-electron chi connectivity index (χ0n) is 18.2. The van der Waals surface area contributed by atoms with E-state index in [1.807, 2.05) is 30.3 Å². The van der Waals surface area contributed by atoms with Crippen LogP contribution in [0.15, 0.2) is 71.2 Å². The number of allylic oxidation sites excluding steroid dienone is 1. The Balaban J connectivity index is 2.10. The number of aliphatic hydroxyl groups excluding tert-OH is 1. The Labute approximate surface area is 185 Å². The molecule has 2 aromatic carbocycles. The monoisotopic (exact) mass is 472 g/mol. The molecule has 0 spiro atoms. The molecule has 0 aromatic heterocycles. The van der Waals surface area contributed by atoms with Crippen LogP contribution in [0.4, 0.5) is 0 Å². The lowest BCUT2D eigenvalue weighted by Gasteiger charge is -2.47. The quantitative estimate of drug-likeness (QED) is 0.346. The second kappa shape index (κ2) is 8.50. The Morgan fingerprint density at radius 2 is 1.62 bits per heavy atom. The van der Waals surface area contributed by atoms with Crippen molar-refractivity contribution in [3.05, 3.63) is 82.3 Å². The van der Waals surface area contributed by atoms with Crippen molar-refractivity contribution in [3.63, 3.8) is 0 Å². The molecule has 0 radical (unpaired) electrons. The Morgan fingerprint density at radius 1 is 1.00 bits per heavy atom. The maximum Gasteiger partial charge on any atom is 0.192 e. The van der Waals surface area contributed by atoms with Crippen LogP contribution in [0.5, 0.6) is 0 Å². The highest BCUT2D eigenvalue weighted by Gasteiger charge is 2.50. The topological polar surface area (TPSA) is 29.5 Å². The van der Waals surface area contributed by atoms with E-state index in [1.54, 1.807) is 0 Å². The molecule has 29 heavy (non-hydrogen) atoms. The Hall–Kier alpha value is -1.20. The van der Waals surface area contributed by atoms with Crippen LogP contribution in [0, 0.1) is 5.41 Å². The van der Waals surface area contributed by atoms with Crippen LogP contribution >= 0.6 is 15.9 Å². The van der Waals surface area contributed by atoms with Crippen LogP contribution in [-0.4, -0.2) is 13.4 Å². The van der Waals surface area contributed by atoms with E-state index in [1.165, 1.54) is 0 Å². The molecular formula is C25H33BrO2Si. The first-order chi connectivity index (χ1) is 13.6. The molecule has 1 N–H and O–H groups in total. The third kappa shape index (κ3) is 4.61. The van der Waals surface area contributed by atoms with Gasteiger partial charge in [-0.15, -0.1) is 0 Å². The first-order valence-electron chi connectivity index (χ1n) is 10.4. The molecule has 0 fully saturated rings. The first-order valence-corrected chi connectivity index (χ1v) is 14.1. The average molecular weight is 474 g/mol. The molecule has 0 bridgehead atoms. The molecule has 0 aliphatic heterocycles. The van der Waals surface area contributed by atoms with Gasteiger partial charge < -0.3 is 9.53 Å². The van der Waals surface area contributed by atoms with Crippen molar-refractivity contribution in [2.24, 2.45) is 5.41 Å². The summed E-state index contributed by atoms with van der Waals surface area (Å²) in [5.41, 5.74) is 1.59. The SMILES string of the molecule is CC(C)(C)[Si](C)(C)O[C@H](c1ccccc1)[C@@]1([C@@H](O)c2ccc(Br)cc2)C=CCC1. The molecule has 4 heteroatoms. The van der Waals surface area contributed by atoms with Crippen LogP contribution < -0.4 is 0 Å². The summed E-state index contributed by atoms with van der Waals surface area (Å²) in [5.74, 6) is 0. The van der Waals surface area contributed by atoms with Gasteiger partial charge in [0.15, 0.2) is 8.32 Å². The molecule has 1 aliphatic rings. The van der Waals surface area contributed by atoms with Gasteiger partial charge in [0.1, 0.15) is 0 Å². The van der Waals surface area contributed by atoms with E-state index in [9.17, 15) is 5.11 Å². The van der Waals surface area contributed by atoms with Gasteiger partial charge in [0.2, 0.25) is 0 Å². The molecule has 1 aliphatic carbocycles. The van der Waals surface area contributed by atoms with Gasteiger partial charge in [0, 0.05) is 9.89 Å². The first kappa shape index (κ1) is 22.5. The summed E-state index contributed by atoms with van der Waals surface area (Å²) >= 11 is 3.50. The fourth-order valence-corrected chi connectivity index (χ4v) is 5.41. The van der Waals surface area contributed by atoms with E-state index in [-0.39, 0.29) is 11.1 Å². The number of rotatable bonds is 6. The summed E-state index contributed by atoms with van der Waals surface area (Å²) in [6.45, 7) is 11.4. The minimum atomic E-state index is -2.07. The summed E-state index contributed by atoms with van der Waals surface area (Å²) in [6, 6.07) is 18.5. The molecule has 0 saturated carbocycles. The highest BCUT2D eigenvalue weighted by molar-refractivity contribution is 9.10. The minimum absolute atomic E-state index is 0.0894. The fourth-order valence-electron chi connectivity index (χ4n) is 3.85. The molecule has 3 atom stereocenters. The third-order valence-corrected chi connectivity index (χ3v) is 11.6. The Kier molecular flexibility index (Phi) is 6.59. The molecule has 0 heterocycles. The summed E-state index contributed by atoms with van der Waals surface area (Å²) < 4.78 is 8.08. The molecule has 2 aromatic rings. The van der Waals surface area contributed by atoms with Gasteiger partial charge in [0.25, 0.3) is 0 Å². The number of aliphatic hydroxyl groups is 1. The predicted molar refractivity (Wildman–Crippen MR) is 127 cm³/mol. The van der Waals surface area contributed by atoms with Gasteiger partial charge in [-0.2, -0.15) is 0 Å². The molecule has 3 rings (SSSR count). The lowest BCUT2D eigenvalue weighted by molar-refractivity contribution is -0.0364. The van der Waals surface area contributed by atoms with Crippen molar-refractivity contribution in [2.75, 3.05) is 0 Å². The molecule has 0 amide bonds. The van der Waals surface area contributed by atoms with Crippen LogP contribution in [0.1, 0.15) is 56.9 Å². The van der Waals surface area contributed by atoms with Crippen molar-refractivity contribution < 1.29 is 9.53 Å². The molecular weight excluding hydrogens is 440 g/mol. The average Bonchev–Trinajstić information content (AvgIpc) is 3.17. The van der Waals surface area contributed by atoms with Crippen LogP contribution in [-0.2, 0) is 4.43 Å². The summed E-state index contributed by atoms with van der Waals surface area (Å²) in [6.07, 6.45) is 5.42. The zero-order valence-corrected chi connectivity index (χ0v) is 20.7. The maximum absolute atomic E-state index is 11.7. The van der Waals surface area contributed by atoms with Crippen molar-refractivity contribution in [3.8, 4) is 0 Å². The number of benzene rings is 2. The standard InChI is InChI=1S/C25H33BrO2Si/c1-24(2,3)29(4,5)28-23(20-11-7-6-8-12-20)25(17-9-10-18-25)22(27)19-13-15-21(26)16-14-19/h6-9,11-17,22-23,27H,10,18H2,1-5H3/t22-,23+,25-/m0/s1. The lowest BCUT2D eigenvalue weighted by atomic mass is 9.71. The molecule has 156 valence electrons. The van der Waals surface area contributed by atoms with Crippen molar-refractivity contribution in [2.45, 2.75) is 64.0 Å². The minimum Gasteiger partial charge on any atom is -0.409 e. The van der Waals surface area contributed by atoms with Gasteiger partial charge >= 0.3 is 0 Å². The zero-order chi connectivity index (χ0) is 21.3. The van der Waals surface area contributed by atoms with Crippen LogP contribution in [0.3, 0.4) is 0 Å². The predicted octanol–water partition coefficient (Wildman–Crippen LogP) is 7.58. The number of hydrogen-bond donors (Lipinski definition) is 1. The van der Waals surface area contributed by atoms with E-state index in [4.69, 9.17) is 4.43 Å². The van der Waals surface area contributed by atoms with Crippen molar-refractivity contribution >= 4 is 24.2 Å². The Bertz CT molecular complexity index is 839. The number of hydrogen-bond acceptors (Lipinski definition) is 2. The molecule has 0 saturated heterocycles. The highest BCUT2D eigenvalue weighted by Crippen LogP contribution is 2.55. The summed E-state index contributed by atoms with van der Waals surface area (Å²) in [7, 11) is -2.07. The normalized spacial score (nSPS) is 21.9. The van der Waals surface area contributed by atoms with Gasteiger partial charge in [-0.1, -0.05) is 91.3 Å². The summed E-state index contributed by atoms with van der Waals surface area (Å²) in [5, 5.41) is 11.8. The fraction of sp³-hybridized carbons (Fsp3) is 0.440. The smallest absolute Gasteiger partial charge is 0.192 e. The highest BCUT2D eigenvalue weighted by atomic mass is 79.9. The van der Waals surface area contributed by atoms with E-state index in [0.29, 0.717) is 0 Å².